The van der Waals surface area contributed by atoms with Gasteiger partial charge in [0.2, 0.25) is 11.8 Å². The van der Waals surface area contributed by atoms with Crippen molar-refractivity contribution in [1.29, 1.82) is 0 Å². The van der Waals surface area contributed by atoms with Crippen LogP contribution in [0, 0.1) is 20.8 Å². The Hall–Kier alpha value is -2.67. The van der Waals surface area contributed by atoms with Crippen molar-refractivity contribution in [3.63, 3.8) is 0 Å². The zero-order valence-corrected chi connectivity index (χ0v) is 17.9. The third-order valence-electron chi connectivity index (χ3n) is 5.16. The summed E-state index contributed by atoms with van der Waals surface area (Å²) >= 11 is 1.37. The molecule has 154 valence electrons. The van der Waals surface area contributed by atoms with E-state index in [1.54, 1.807) is 11.0 Å². The molecule has 1 atom stereocenters. The fraction of sp³-hybridized carbons (Fsp3) is 0.409. The maximum Gasteiger partial charge on any atom is 0.264 e. The molecule has 6 nitrogen and oxygen atoms in total. The first-order valence-corrected chi connectivity index (χ1v) is 10.7. The number of likely N-dealkylation sites (tertiary alicyclic amines) is 1. The lowest BCUT2D eigenvalue weighted by Gasteiger charge is -2.34. The summed E-state index contributed by atoms with van der Waals surface area (Å²) in [7, 11) is 0. The SMILES string of the molecule is Cc1cc(C)c(NC(=O)CNC(=O)C2CCCCN2C(=O)c2cccs2)c(C)c1. The number of anilines is 1. The van der Waals surface area contributed by atoms with Crippen LogP contribution in [0.15, 0.2) is 29.6 Å². The second kappa shape index (κ2) is 9.22. The van der Waals surface area contributed by atoms with Crippen molar-refractivity contribution in [3.05, 3.63) is 51.2 Å². The van der Waals surface area contributed by atoms with E-state index in [0.717, 1.165) is 35.2 Å². The Morgan fingerprint density at radius 1 is 1.14 bits per heavy atom. The van der Waals surface area contributed by atoms with Crippen molar-refractivity contribution in [1.82, 2.24) is 10.2 Å². The quantitative estimate of drug-likeness (QED) is 0.788. The Morgan fingerprint density at radius 2 is 1.86 bits per heavy atom. The highest BCUT2D eigenvalue weighted by atomic mass is 32.1. The first-order valence-electron chi connectivity index (χ1n) is 9.86. The molecule has 2 aromatic rings. The highest BCUT2D eigenvalue weighted by molar-refractivity contribution is 7.12. The monoisotopic (exact) mass is 413 g/mol. The zero-order chi connectivity index (χ0) is 21.0. The molecule has 2 heterocycles. The largest absolute Gasteiger partial charge is 0.345 e. The highest BCUT2D eigenvalue weighted by Gasteiger charge is 2.33. The van der Waals surface area contributed by atoms with Gasteiger partial charge < -0.3 is 15.5 Å². The van der Waals surface area contributed by atoms with E-state index in [-0.39, 0.29) is 24.3 Å². The molecule has 1 saturated heterocycles. The zero-order valence-electron chi connectivity index (χ0n) is 17.1. The van der Waals surface area contributed by atoms with E-state index in [9.17, 15) is 14.4 Å². The minimum atomic E-state index is -0.533. The number of carbonyl (C=O) groups excluding carboxylic acids is 3. The molecule has 0 radical (unpaired) electrons. The van der Waals surface area contributed by atoms with Crippen LogP contribution in [0.1, 0.15) is 45.6 Å². The minimum absolute atomic E-state index is 0.116. The molecule has 1 aromatic heterocycles. The maximum atomic E-state index is 12.7. The molecule has 0 saturated carbocycles. The van der Waals surface area contributed by atoms with Crippen molar-refractivity contribution in [2.45, 2.75) is 46.1 Å². The van der Waals surface area contributed by atoms with Crippen molar-refractivity contribution in [3.8, 4) is 0 Å². The summed E-state index contributed by atoms with van der Waals surface area (Å²) in [5.74, 6) is -0.669. The predicted octanol–water partition coefficient (Wildman–Crippen LogP) is 3.42. The topological polar surface area (TPSA) is 78.5 Å². The molecule has 0 aliphatic carbocycles. The van der Waals surface area contributed by atoms with Crippen LogP contribution in [0.5, 0.6) is 0 Å². The summed E-state index contributed by atoms with van der Waals surface area (Å²) in [6.45, 7) is 6.35. The summed E-state index contributed by atoms with van der Waals surface area (Å²) in [4.78, 5) is 40.1. The van der Waals surface area contributed by atoms with E-state index in [0.29, 0.717) is 17.8 Å². The average Bonchev–Trinajstić information content (AvgIpc) is 3.23. The Labute approximate surface area is 175 Å². The number of hydrogen-bond acceptors (Lipinski definition) is 4. The maximum absolute atomic E-state index is 12.7. The normalized spacial score (nSPS) is 16.4. The smallest absolute Gasteiger partial charge is 0.264 e. The lowest BCUT2D eigenvalue weighted by atomic mass is 10.0. The van der Waals surface area contributed by atoms with Crippen LogP contribution in [0.2, 0.25) is 0 Å². The number of hydrogen-bond donors (Lipinski definition) is 2. The first kappa shape index (κ1) is 21.0. The molecule has 3 rings (SSSR count). The van der Waals surface area contributed by atoms with Gasteiger partial charge in [0.05, 0.1) is 11.4 Å². The second-order valence-corrected chi connectivity index (χ2v) is 8.47. The van der Waals surface area contributed by atoms with Gasteiger partial charge in [0.1, 0.15) is 6.04 Å². The van der Waals surface area contributed by atoms with Crippen LogP contribution in [0.25, 0.3) is 0 Å². The molecule has 0 bridgehead atoms. The summed E-state index contributed by atoms with van der Waals surface area (Å²) in [5, 5.41) is 7.45. The molecular formula is C22H27N3O3S. The molecule has 7 heteroatoms. The van der Waals surface area contributed by atoms with Crippen LogP contribution in [0.4, 0.5) is 5.69 Å². The van der Waals surface area contributed by atoms with Crippen LogP contribution in [0.3, 0.4) is 0 Å². The van der Waals surface area contributed by atoms with Crippen LogP contribution in [-0.4, -0.2) is 41.8 Å². The van der Waals surface area contributed by atoms with E-state index in [1.807, 2.05) is 44.4 Å². The first-order chi connectivity index (χ1) is 13.9. The second-order valence-electron chi connectivity index (χ2n) is 7.53. The van der Waals surface area contributed by atoms with E-state index in [1.165, 1.54) is 11.3 Å². The molecule has 1 unspecified atom stereocenters. The van der Waals surface area contributed by atoms with E-state index in [4.69, 9.17) is 0 Å². The highest BCUT2D eigenvalue weighted by Crippen LogP contribution is 2.23. The van der Waals surface area contributed by atoms with Crippen molar-refractivity contribution < 1.29 is 14.4 Å². The van der Waals surface area contributed by atoms with Crippen molar-refractivity contribution >= 4 is 34.7 Å². The van der Waals surface area contributed by atoms with Gasteiger partial charge >= 0.3 is 0 Å². The molecule has 3 amide bonds. The number of piperidine rings is 1. The van der Waals surface area contributed by atoms with E-state index < -0.39 is 6.04 Å². The van der Waals surface area contributed by atoms with E-state index >= 15 is 0 Å². The summed E-state index contributed by atoms with van der Waals surface area (Å²) in [6.07, 6.45) is 2.38. The third-order valence-corrected chi connectivity index (χ3v) is 6.02. The lowest BCUT2D eigenvalue weighted by molar-refractivity contribution is -0.128. The average molecular weight is 414 g/mol. The molecule has 1 aliphatic rings. The van der Waals surface area contributed by atoms with Gasteiger partial charge in [-0.25, -0.2) is 0 Å². The number of rotatable bonds is 5. The van der Waals surface area contributed by atoms with Gasteiger partial charge in [-0.2, -0.15) is 0 Å². The van der Waals surface area contributed by atoms with Crippen LogP contribution < -0.4 is 10.6 Å². The van der Waals surface area contributed by atoms with Gasteiger partial charge in [-0.3, -0.25) is 14.4 Å². The fourth-order valence-electron chi connectivity index (χ4n) is 3.84. The Balaban J connectivity index is 1.60. The number of amides is 3. The van der Waals surface area contributed by atoms with E-state index in [2.05, 4.69) is 10.6 Å². The third kappa shape index (κ3) is 5.03. The molecule has 1 fully saturated rings. The number of aryl methyl sites for hydroxylation is 3. The van der Waals surface area contributed by atoms with Gasteiger partial charge in [-0.15, -0.1) is 11.3 Å². The Bertz CT molecular complexity index is 885. The van der Waals surface area contributed by atoms with Crippen LogP contribution >= 0.6 is 11.3 Å². The molecular weight excluding hydrogens is 386 g/mol. The van der Waals surface area contributed by atoms with Crippen molar-refractivity contribution in [2.24, 2.45) is 0 Å². The van der Waals surface area contributed by atoms with Crippen LogP contribution in [-0.2, 0) is 9.59 Å². The lowest BCUT2D eigenvalue weighted by Crippen LogP contribution is -2.52. The molecule has 1 aliphatic heterocycles. The number of thiophene rings is 1. The van der Waals surface area contributed by atoms with Gasteiger partial charge in [0.15, 0.2) is 0 Å². The number of benzene rings is 1. The summed E-state index contributed by atoms with van der Waals surface area (Å²) in [6, 6.07) is 7.09. The number of nitrogens with one attached hydrogen (secondary N) is 2. The summed E-state index contributed by atoms with van der Waals surface area (Å²) < 4.78 is 0. The minimum Gasteiger partial charge on any atom is -0.345 e. The van der Waals surface area contributed by atoms with Gasteiger partial charge in [0.25, 0.3) is 5.91 Å². The number of carbonyl (C=O) groups is 3. The molecule has 0 spiro atoms. The fourth-order valence-corrected chi connectivity index (χ4v) is 4.51. The Morgan fingerprint density at radius 3 is 2.52 bits per heavy atom. The van der Waals surface area contributed by atoms with Gasteiger partial charge in [-0.05, 0) is 62.6 Å². The van der Waals surface area contributed by atoms with Gasteiger partial charge in [-0.1, -0.05) is 23.8 Å². The molecule has 2 N–H and O–H groups in total. The molecule has 1 aromatic carbocycles. The standard InChI is InChI=1S/C22H27N3O3S/c1-14-11-15(2)20(16(3)12-14)24-19(26)13-23-21(27)17-7-4-5-9-25(17)22(28)18-8-6-10-29-18/h6,8,10-12,17H,4-5,7,9,13H2,1-3H3,(H,23,27)(H,24,26). The number of nitrogens with zero attached hydrogens (tertiary/aromatic N) is 1. The molecule has 29 heavy (non-hydrogen) atoms. The van der Waals surface area contributed by atoms with Crippen molar-refractivity contribution in [2.75, 3.05) is 18.4 Å². The predicted molar refractivity (Wildman–Crippen MR) is 115 cm³/mol. The van der Waals surface area contributed by atoms with Gasteiger partial charge in [0, 0.05) is 12.2 Å². The Kier molecular flexibility index (Phi) is 6.69. The summed E-state index contributed by atoms with van der Waals surface area (Å²) in [5.41, 5.74) is 3.89.